The Labute approximate surface area is 215 Å². The average Bonchev–Trinajstić information content (AvgIpc) is 3.67. The highest BCUT2D eigenvalue weighted by Gasteiger charge is 2.76. The van der Waals surface area contributed by atoms with Crippen molar-refractivity contribution in [2.24, 2.45) is 11.8 Å². The summed E-state index contributed by atoms with van der Waals surface area (Å²) in [5, 5.41) is 8.24. The van der Waals surface area contributed by atoms with Crippen LogP contribution in [-0.4, -0.2) is 65.2 Å². The molecule has 3 saturated heterocycles. The fourth-order valence-corrected chi connectivity index (χ4v) is 7.70. The summed E-state index contributed by atoms with van der Waals surface area (Å²) in [6.07, 6.45) is 10.8. The summed E-state index contributed by atoms with van der Waals surface area (Å²) in [5.41, 5.74) is -2.08. The van der Waals surface area contributed by atoms with Gasteiger partial charge in [-0.15, -0.1) is 11.3 Å². The van der Waals surface area contributed by atoms with Gasteiger partial charge in [-0.3, -0.25) is 14.4 Å². The SMILES string of the molecule is C[C@@]12C=C[C@@]3(O1)[C@H](C(=O)N(C[C@@H]1CCCO1)[C@H]3C(=O)NC1CCCCC1)[C@H]2C(=O)NCc1cccs1. The first-order valence-corrected chi connectivity index (χ1v) is 14.2. The summed E-state index contributed by atoms with van der Waals surface area (Å²) in [5.74, 6) is -2.00. The number of rotatable bonds is 7. The van der Waals surface area contributed by atoms with Crippen LogP contribution in [0.25, 0.3) is 0 Å². The molecule has 36 heavy (non-hydrogen) atoms. The van der Waals surface area contributed by atoms with Gasteiger partial charge >= 0.3 is 0 Å². The lowest BCUT2D eigenvalue weighted by Crippen LogP contribution is -2.57. The normalized spacial score (nSPS) is 37.5. The molecule has 5 heterocycles. The third kappa shape index (κ3) is 3.90. The second kappa shape index (κ2) is 9.26. The van der Waals surface area contributed by atoms with Gasteiger partial charge in [0.05, 0.1) is 30.1 Å². The van der Waals surface area contributed by atoms with Gasteiger partial charge in [-0.1, -0.05) is 37.5 Å². The van der Waals surface area contributed by atoms with Crippen LogP contribution in [0.1, 0.15) is 56.7 Å². The van der Waals surface area contributed by atoms with Gasteiger partial charge in [0.1, 0.15) is 11.6 Å². The Kier molecular flexibility index (Phi) is 6.20. The highest BCUT2D eigenvalue weighted by molar-refractivity contribution is 7.09. The van der Waals surface area contributed by atoms with Gasteiger partial charge in [0.15, 0.2) is 0 Å². The third-order valence-electron chi connectivity index (χ3n) is 8.72. The molecule has 1 aliphatic carbocycles. The highest BCUT2D eigenvalue weighted by atomic mass is 32.1. The molecule has 0 unspecified atom stereocenters. The number of hydrogen-bond donors (Lipinski definition) is 2. The first-order valence-electron chi connectivity index (χ1n) is 13.3. The topological polar surface area (TPSA) is 97.0 Å². The van der Waals surface area contributed by atoms with E-state index >= 15 is 0 Å². The Balaban J connectivity index is 1.30. The Hall–Kier alpha value is -2.23. The van der Waals surface area contributed by atoms with Gasteiger partial charge in [-0.25, -0.2) is 0 Å². The molecule has 2 bridgehead atoms. The standard InChI is InChI=1S/C27H35N3O5S/c1-26-11-12-27(35-26)21(20(26)23(31)28-15-19-10-6-14-36-19)25(33)30(16-18-9-5-13-34-18)22(27)24(32)29-17-7-3-2-4-8-17/h6,10-12,14,17-18,20-22H,2-5,7-9,13,15-16H2,1H3,(H,28,31)(H,29,32)/t18-,20-,21-,22-,26-,27+/m0/s1. The molecule has 1 saturated carbocycles. The number of likely N-dealkylation sites (tertiary alicyclic amines) is 1. The zero-order valence-corrected chi connectivity index (χ0v) is 21.6. The van der Waals surface area contributed by atoms with E-state index in [4.69, 9.17) is 9.47 Å². The number of carbonyl (C=O) groups is 3. The second-order valence-electron chi connectivity index (χ2n) is 11.1. The maximum absolute atomic E-state index is 14.1. The van der Waals surface area contributed by atoms with Gasteiger partial charge in [0.2, 0.25) is 17.7 Å². The summed E-state index contributed by atoms with van der Waals surface area (Å²) in [6, 6.07) is 3.23. The Bertz CT molecular complexity index is 1050. The van der Waals surface area contributed by atoms with Crippen molar-refractivity contribution in [1.82, 2.24) is 15.5 Å². The van der Waals surface area contributed by atoms with Crippen LogP contribution >= 0.6 is 11.3 Å². The number of nitrogens with zero attached hydrogens (tertiary/aromatic N) is 1. The molecule has 9 heteroatoms. The number of carbonyl (C=O) groups excluding carboxylic acids is 3. The molecule has 194 valence electrons. The summed E-state index contributed by atoms with van der Waals surface area (Å²) in [6.45, 7) is 3.28. The molecular formula is C27H35N3O5S. The van der Waals surface area contributed by atoms with Gasteiger partial charge in [-0.05, 0) is 44.1 Å². The van der Waals surface area contributed by atoms with Crippen LogP contribution in [0.3, 0.4) is 0 Å². The minimum absolute atomic E-state index is 0.1000. The van der Waals surface area contributed by atoms with E-state index in [9.17, 15) is 14.4 Å². The van der Waals surface area contributed by atoms with E-state index in [1.165, 1.54) is 6.42 Å². The van der Waals surface area contributed by atoms with E-state index in [1.807, 2.05) is 36.6 Å². The van der Waals surface area contributed by atoms with Crippen LogP contribution in [0.2, 0.25) is 0 Å². The van der Waals surface area contributed by atoms with E-state index in [0.717, 1.165) is 43.4 Å². The van der Waals surface area contributed by atoms with Gasteiger partial charge in [0.25, 0.3) is 0 Å². The maximum atomic E-state index is 14.1. The number of fused-ring (bicyclic) bond motifs is 1. The summed E-state index contributed by atoms with van der Waals surface area (Å²) < 4.78 is 12.4. The van der Waals surface area contributed by atoms with Crippen LogP contribution in [0, 0.1) is 11.8 Å². The van der Waals surface area contributed by atoms with Crippen molar-refractivity contribution in [1.29, 1.82) is 0 Å². The fourth-order valence-electron chi connectivity index (χ4n) is 7.06. The zero-order chi connectivity index (χ0) is 24.9. The average molecular weight is 514 g/mol. The molecule has 8 nitrogen and oxygen atoms in total. The quantitative estimate of drug-likeness (QED) is 0.547. The Morgan fingerprint density at radius 1 is 1.14 bits per heavy atom. The minimum atomic E-state index is -1.14. The molecule has 1 aromatic heterocycles. The maximum Gasteiger partial charge on any atom is 0.246 e. The van der Waals surface area contributed by atoms with E-state index in [0.29, 0.717) is 19.7 Å². The monoisotopic (exact) mass is 513 g/mol. The summed E-state index contributed by atoms with van der Waals surface area (Å²) in [7, 11) is 0. The van der Waals surface area contributed by atoms with Crippen LogP contribution < -0.4 is 10.6 Å². The van der Waals surface area contributed by atoms with Crippen LogP contribution in [-0.2, 0) is 30.4 Å². The molecule has 3 amide bonds. The van der Waals surface area contributed by atoms with E-state index in [-0.39, 0.29) is 29.9 Å². The van der Waals surface area contributed by atoms with Crippen LogP contribution in [0.15, 0.2) is 29.7 Å². The number of nitrogens with one attached hydrogen (secondary N) is 2. The minimum Gasteiger partial charge on any atom is -0.376 e. The number of amides is 3. The molecular weight excluding hydrogens is 478 g/mol. The van der Waals surface area contributed by atoms with Crippen molar-refractivity contribution in [3.05, 3.63) is 34.5 Å². The Morgan fingerprint density at radius 2 is 1.97 bits per heavy atom. The summed E-state index contributed by atoms with van der Waals surface area (Å²) >= 11 is 1.58. The third-order valence-corrected chi connectivity index (χ3v) is 9.60. The predicted molar refractivity (Wildman–Crippen MR) is 134 cm³/mol. The first-order chi connectivity index (χ1) is 17.4. The smallest absolute Gasteiger partial charge is 0.246 e. The van der Waals surface area contributed by atoms with Crippen molar-refractivity contribution in [2.75, 3.05) is 13.2 Å². The van der Waals surface area contributed by atoms with Crippen molar-refractivity contribution in [2.45, 2.75) is 87.8 Å². The van der Waals surface area contributed by atoms with Crippen molar-refractivity contribution >= 4 is 29.1 Å². The lowest BCUT2D eigenvalue weighted by molar-refractivity contribution is -0.146. The molecule has 4 aliphatic heterocycles. The highest BCUT2D eigenvalue weighted by Crippen LogP contribution is 2.59. The summed E-state index contributed by atoms with van der Waals surface area (Å²) in [4.78, 5) is 44.2. The van der Waals surface area contributed by atoms with Crippen molar-refractivity contribution < 1.29 is 23.9 Å². The van der Waals surface area contributed by atoms with Crippen molar-refractivity contribution in [3.8, 4) is 0 Å². The van der Waals surface area contributed by atoms with Crippen LogP contribution in [0.5, 0.6) is 0 Å². The fraction of sp³-hybridized carbons (Fsp3) is 0.667. The lowest BCUT2D eigenvalue weighted by atomic mass is 9.70. The van der Waals surface area contributed by atoms with Gasteiger partial charge in [-0.2, -0.15) is 0 Å². The number of hydrogen-bond acceptors (Lipinski definition) is 6. The lowest BCUT2D eigenvalue weighted by Gasteiger charge is -2.35. The van der Waals surface area contributed by atoms with Gasteiger partial charge < -0.3 is 25.0 Å². The molecule has 6 rings (SSSR count). The van der Waals surface area contributed by atoms with Crippen LogP contribution in [0.4, 0.5) is 0 Å². The van der Waals surface area contributed by atoms with Gasteiger partial charge in [0, 0.05) is 24.1 Å². The second-order valence-corrected chi connectivity index (χ2v) is 12.1. The molecule has 2 N–H and O–H groups in total. The van der Waals surface area contributed by atoms with Crippen molar-refractivity contribution in [3.63, 3.8) is 0 Å². The zero-order valence-electron chi connectivity index (χ0n) is 20.7. The van der Waals surface area contributed by atoms with E-state index in [2.05, 4.69) is 10.6 Å². The molecule has 4 fully saturated rings. The predicted octanol–water partition coefficient (Wildman–Crippen LogP) is 2.53. The molecule has 6 atom stereocenters. The molecule has 5 aliphatic rings. The first kappa shape index (κ1) is 24.1. The molecule has 1 aromatic rings. The van der Waals surface area contributed by atoms with E-state index < -0.39 is 29.1 Å². The molecule has 0 aromatic carbocycles. The number of thiophene rings is 1. The molecule has 0 radical (unpaired) electrons. The molecule has 1 spiro atoms. The van der Waals surface area contributed by atoms with E-state index in [1.54, 1.807) is 16.2 Å². The number of ether oxygens (including phenoxy) is 2. The Morgan fingerprint density at radius 3 is 2.69 bits per heavy atom. The largest absolute Gasteiger partial charge is 0.376 e.